The Balaban J connectivity index is 1.41. The number of methoxy groups -OCH3 is 3. The second-order valence-corrected chi connectivity index (χ2v) is 29.6. The van der Waals surface area contributed by atoms with Gasteiger partial charge in [-0.25, -0.2) is 31.3 Å². The van der Waals surface area contributed by atoms with Crippen LogP contribution in [-0.2, 0) is 48.8 Å². The van der Waals surface area contributed by atoms with Crippen molar-refractivity contribution in [3.63, 3.8) is 0 Å². The number of anilines is 1. The Labute approximate surface area is 448 Å². The van der Waals surface area contributed by atoms with E-state index in [1.165, 1.54) is 15.2 Å². The van der Waals surface area contributed by atoms with E-state index in [0.717, 1.165) is 11.4 Å². The molecular formula is C53H72N10O10S2Si. The van der Waals surface area contributed by atoms with Gasteiger partial charge in [-0.3, -0.25) is 0 Å². The number of hydrogen-bond donors (Lipinski definition) is 3. The van der Waals surface area contributed by atoms with Crippen LogP contribution in [0.3, 0.4) is 0 Å². The number of sulfonamides is 2. The van der Waals surface area contributed by atoms with Gasteiger partial charge in [-0.15, -0.1) is 10.2 Å². The number of piperidine rings is 1. The van der Waals surface area contributed by atoms with E-state index in [-0.39, 0.29) is 55.1 Å². The molecule has 0 bridgehead atoms. The fraction of sp³-hybridized carbons (Fsp3) is 0.453. The summed E-state index contributed by atoms with van der Waals surface area (Å²) < 4.78 is 96.1. The number of aromatic nitrogens is 6. The Morgan fingerprint density at radius 1 is 0.789 bits per heavy atom. The monoisotopic (exact) mass is 1100 g/mol. The van der Waals surface area contributed by atoms with E-state index in [1.807, 2.05) is 50.9 Å². The Bertz CT molecular complexity index is 3050. The first-order valence-electron chi connectivity index (χ1n) is 25.1. The number of nitrogens with zero attached hydrogens (tertiary/aromatic N) is 7. The lowest BCUT2D eigenvalue weighted by atomic mass is 9.95. The van der Waals surface area contributed by atoms with E-state index in [4.69, 9.17) is 28.5 Å². The van der Waals surface area contributed by atoms with Crippen LogP contribution in [0.25, 0.3) is 11.4 Å². The summed E-state index contributed by atoms with van der Waals surface area (Å²) in [5, 5.41) is 16.2. The number of ether oxygens (including phenoxy) is 4. The normalized spacial score (nSPS) is 14.4. The van der Waals surface area contributed by atoms with Crippen molar-refractivity contribution >= 4 is 40.1 Å². The first kappa shape index (κ1) is 57.3. The molecule has 20 nitrogen and oxygen atoms in total. The SMILES string of the molecule is COc1ccc(CN(Cc2ccc(OC)cc2)S(=O)(=O)c2c(S(=O)(=O)NC[C@@H](CNC(=O)OC(C)(C)C)O[Si](C)(C)C(C)(C)C)ccc(N3CCC(c4ncc[nH]4)CC3)c2-c2nnn(Cc3ccc(OC)cc3)n2)cc1. The van der Waals surface area contributed by atoms with Crippen LogP contribution in [-0.4, -0.2) is 125 Å². The lowest BCUT2D eigenvalue weighted by molar-refractivity contribution is 0.0498. The van der Waals surface area contributed by atoms with E-state index < -0.39 is 56.0 Å². The maximum Gasteiger partial charge on any atom is 0.407 e. The molecule has 1 saturated heterocycles. The molecule has 3 N–H and O–H groups in total. The Morgan fingerprint density at radius 2 is 1.34 bits per heavy atom. The number of nitrogens with one attached hydrogen (secondary N) is 3. The highest BCUT2D eigenvalue weighted by atomic mass is 32.2. The van der Waals surface area contributed by atoms with Crippen LogP contribution in [0.4, 0.5) is 10.5 Å². The molecule has 1 fully saturated rings. The zero-order chi connectivity index (χ0) is 55.1. The molecule has 1 amide bonds. The molecule has 2 aromatic heterocycles. The zero-order valence-electron chi connectivity index (χ0n) is 45.3. The predicted octanol–water partition coefficient (Wildman–Crippen LogP) is 8.11. The number of alkyl carbamates (subject to hydrolysis) is 1. The van der Waals surface area contributed by atoms with E-state index in [2.05, 4.69) is 30.3 Å². The molecule has 0 saturated carbocycles. The second kappa shape index (κ2) is 23.9. The molecule has 23 heteroatoms. The van der Waals surface area contributed by atoms with Crippen LogP contribution in [0, 0.1) is 0 Å². The number of hydrogen-bond acceptors (Lipinski definition) is 15. The molecule has 7 rings (SSSR count). The van der Waals surface area contributed by atoms with Crippen molar-refractivity contribution < 1.29 is 45.0 Å². The van der Waals surface area contributed by atoms with Crippen LogP contribution in [0.5, 0.6) is 17.2 Å². The summed E-state index contributed by atoms with van der Waals surface area (Å²) in [6, 6.07) is 24.2. The van der Waals surface area contributed by atoms with Crippen LogP contribution in [0.15, 0.2) is 107 Å². The average Bonchev–Trinajstić information content (AvgIpc) is 4.10. The van der Waals surface area contributed by atoms with E-state index >= 15 is 16.8 Å². The van der Waals surface area contributed by atoms with Crippen LogP contribution in [0.2, 0.25) is 18.1 Å². The smallest absolute Gasteiger partial charge is 0.407 e. The fourth-order valence-corrected chi connectivity index (χ4v) is 13.3. The third-order valence-electron chi connectivity index (χ3n) is 13.6. The topological polar surface area (TPSA) is 234 Å². The molecule has 76 heavy (non-hydrogen) atoms. The summed E-state index contributed by atoms with van der Waals surface area (Å²) in [5.41, 5.74) is 1.56. The van der Waals surface area contributed by atoms with Crippen molar-refractivity contribution in [2.24, 2.45) is 0 Å². The molecular weight excluding hydrogens is 1030 g/mol. The molecule has 0 unspecified atom stereocenters. The fourth-order valence-electron chi connectivity index (χ4n) is 8.46. The van der Waals surface area contributed by atoms with Crippen molar-refractivity contribution in [2.45, 2.75) is 120 Å². The minimum Gasteiger partial charge on any atom is -0.497 e. The van der Waals surface area contributed by atoms with Gasteiger partial charge in [-0.1, -0.05) is 57.2 Å². The van der Waals surface area contributed by atoms with Crippen LogP contribution in [0.1, 0.15) is 82.8 Å². The number of tetrazole rings is 1. The summed E-state index contributed by atoms with van der Waals surface area (Å²) in [4.78, 5) is 23.0. The highest BCUT2D eigenvalue weighted by molar-refractivity contribution is 7.92. The Morgan fingerprint density at radius 3 is 1.84 bits per heavy atom. The average molecular weight is 1100 g/mol. The zero-order valence-corrected chi connectivity index (χ0v) is 47.9. The summed E-state index contributed by atoms with van der Waals surface area (Å²) in [6.07, 6.45) is 3.20. The largest absolute Gasteiger partial charge is 0.497 e. The van der Waals surface area contributed by atoms with Gasteiger partial charge in [0, 0.05) is 63.3 Å². The molecule has 1 aliphatic rings. The van der Waals surface area contributed by atoms with Crippen LogP contribution < -0.4 is 29.1 Å². The van der Waals surface area contributed by atoms with Gasteiger partial charge < -0.3 is 38.6 Å². The number of carbonyl (C=O) groups is 1. The minimum absolute atomic E-state index is 0.0459. The van der Waals surface area contributed by atoms with Gasteiger partial charge in [0.1, 0.15) is 38.5 Å². The summed E-state index contributed by atoms with van der Waals surface area (Å²) >= 11 is 0. The predicted molar refractivity (Wildman–Crippen MR) is 292 cm³/mol. The molecule has 6 aromatic rings. The number of benzene rings is 4. The lowest BCUT2D eigenvalue weighted by Gasteiger charge is -2.39. The van der Waals surface area contributed by atoms with Crippen molar-refractivity contribution in [2.75, 3.05) is 52.4 Å². The highest BCUT2D eigenvalue weighted by Crippen LogP contribution is 2.43. The van der Waals surface area contributed by atoms with Crippen molar-refractivity contribution in [1.82, 2.24) is 44.5 Å². The van der Waals surface area contributed by atoms with Crippen molar-refractivity contribution in [3.8, 4) is 28.6 Å². The van der Waals surface area contributed by atoms with Crippen molar-refractivity contribution in [1.29, 1.82) is 0 Å². The van der Waals surface area contributed by atoms with Gasteiger partial charge in [0.05, 0.1) is 39.5 Å². The molecule has 1 atom stereocenters. The first-order chi connectivity index (χ1) is 35.9. The maximum absolute atomic E-state index is 16.4. The Hall–Kier alpha value is -6.37. The third kappa shape index (κ3) is 14.4. The van der Waals surface area contributed by atoms with Crippen LogP contribution >= 0.6 is 0 Å². The number of amides is 1. The van der Waals surface area contributed by atoms with Gasteiger partial charge >= 0.3 is 6.09 Å². The molecule has 1 aliphatic heterocycles. The van der Waals surface area contributed by atoms with E-state index in [0.29, 0.717) is 60.0 Å². The molecule has 3 heterocycles. The quantitative estimate of drug-likeness (QED) is 0.0545. The van der Waals surface area contributed by atoms with E-state index in [1.54, 1.807) is 121 Å². The van der Waals surface area contributed by atoms with E-state index in [9.17, 15) is 4.79 Å². The molecule has 0 radical (unpaired) electrons. The number of H-pyrrole nitrogens is 1. The van der Waals surface area contributed by atoms with Crippen molar-refractivity contribution in [3.05, 3.63) is 120 Å². The maximum atomic E-state index is 16.4. The standard InChI is InChI=1S/C53H72N10O10S2Si/c1-52(2,3)72-51(64)56-32-44(73-76(10,11)53(4,5)6)33-57-74(65,66)46-25-24-45(61-30-26-40(27-31-61)49-54-28-29-55-49)47(50-58-60-63(59-50)36-39-16-22-43(71-9)23-17-39)48(46)75(67,68)62(34-37-12-18-41(69-7)19-13-37)35-38-14-20-42(70-8)21-15-38/h12-25,28-29,40,44,57H,26-27,30-36H2,1-11H3,(H,54,55)(H,56,64)/t44-/m1/s1. The number of imidazole rings is 1. The minimum atomic E-state index is -4.93. The third-order valence-corrected chi connectivity index (χ3v) is 21.6. The molecule has 4 aromatic carbocycles. The van der Waals surface area contributed by atoms with Gasteiger partial charge in [0.2, 0.25) is 25.9 Å². The molecule has 0 aliphatic carbocycles. The number of rotatable bonds is 22. The molecule has 410 valence electrons. The van der Waals surface area contributed by atoms with Gasteiger partial charge in [0.25, 0.3) is 0 Å². The first-order valence-corrected chi connectivity index (χ1v) is 31.0. The second-order valence-electron chi connectivity index (χ2n) is 21.2. The number of carbonyl (C=O) groups excluding carboxylic acids is 1. The number of aromatic amines is 1. The Kier molecular flexibility index (Phi) is 18.0. The summed E-state index contributed by atoms with van der Waals surface area (Å²) in [5.74, 6) is 2.63. The molecule has 0 spiro atoms. The van der Waals surface area contributed by atoms with Gasteiger partial charge in [0.15, 0.2) is 8.32 Å². The highest BCUT2D eigenvalue weighted by Gasteiger charge is 2.42. The van der Waals surface area contributed by atoms with Gasteiger partial charge in [-0.05, 0) is 122 Å². The summed E-state index contributed by atoms with van der Waals surface area (Å²) in [7, 11) is -7.71. The van der Waals surface area contributed by atoms with Gasteiger partial charge in [-0.2, -0.15) is 9.10 Å². The summed E-state index contributed by atoms with van der Waals surface area (Å²) in [6.45, 7) is 15.6. The lowest BCUT2D eigenvalue weighted by Crippen LogP contribution is -2.51.